The molecular formula is C17H22N2. The zero-order chi connectivity index (χ0) is 13.7. The summed E-state index contributed by atoms with van der Waals surface area (Å²) < 4.78 is 0. The van der Waals surface area contributed by atoms with Crippen molar-refractivity contribution in [3.8, 4) is 0 Å². The molecule has 0 bridgehead atoms. The third kappa shape index (κ3) is 3.42. The Labute approximate surface area is 115 Å². The molecule has 2 aromatic rings. The maximum atomic E-state index is 4.33. The molecule has 1 unspecified atom stereocenters. The molecule has 0 saturated heterocycles. The number of pyridine rings is 1. The lowest BCUT2D eigenvalue weighted by Gasteiger charge is -2.21. The number of rotatable bonds is 5. The number of aromatic nitrogens is 1. The van der Waals surface area contributed by atoms with E-state index < -0.39 is 0 Å². The molecule has 0 saturated carbocycles. The van der Waals surface area contributed by atoms with E-state index >= 15 is 0 Å². The standard InChI is InChI=1S/C17H22N2/c1-4-9-19-17(15-10-13(2)11-18-12-15)16-8-6-5-7-14(16)3/h5-8,10-12,17,19H,4,9H2,1-3H3. The molecule has 1 atom stereocenters. The highest BCUT2D eigenvalue weighted by atomic mass is 14.9. The number of aryl methyl sites for hydroxylation is 2. The Balaban J connectivity index is 2.38. The summed E-state index contributed by atoms with van der Waals surface area (Å²) in [5.41, 5.74) is 5.10. The van der Waals surface area contributed by atoms with Crippen molar-refractivity contribution in [3.05, 3.63) is 65.0 Å². The van der Waals surface area contributed by atoms with Crippen LogP contribution in [0.15, 0.2) is 42.7 Å². The molecule has 0 aliphatic rings. The summed E-state index contributed by atoms with van der Waals surface area (Å²) in [5.74, 6) is 0. The van der Waals surface area contributed by atoms with Gasteiger partial charge in [-0.05, 0) is 49.1 Å². The van der Waals surface area contributed by atoms with E-state index in [1.54, 1.807) is 0 Å². The zero-order valence-corrected chi connectivity index (χ0v) is 12.0. The van der Waals surface area contributed by atoms with Gasteiger partial charge in [0, 0.05) is 12.4 Å². The van der Waals surface area contributed by atoms with E-state index in [4.69, 9.17) is 0 Å². The molecule has 1 heterocycles. The van der Waals surface area contributed by atoms with Crippen LogP contribution in [0.4, 0.5) is 0 Å². The lowest BCUT2D eigenvalue weighted by Crippen LogP contribution is -2.24. The molecule has 0 spiro atoms. The molecule has 0 radical (unpaired) electrons. The van der Waals surface area contributed by atoms with Gasteiger partial charge in [0.25, 0.3) is 0 Å². The van der Waals surface area contributed by atoms with Crippen molar-refractivity contribution < 1.29 is 0 Å². The van der Waals surface area contributed by atoms with Crippen molar-refractivity contribution in [3.63, 3.8) is 0 Å². The minimum atomic E-state index is 0.230. The monoisotopic (exact) mass is 254 g/mol. The van der Waals surface area contributed by atoms with Gasteiger partial charge in [0.1, 0.15) is 0 Å². The van der Waals surface area contributed by atoms with Crippen LogP contribution >= 0.6 is 0 Å². The van der Waals surface area contributed by atoms with Gasteiger partial charge >= 0.3 is 0 Å². The second-order valence-electron chi connectivity index (χ2n) is 5.04. The number of hydrogen-bond donors (Lipinski definition) is 1. The summed E-state index contributed by atoms with van der Waals surface area (Å²) >= 11 is 0. The smallest absolute Gasteiger partial charge is 0.0594 e. The maximum absolute atomic E-state index is 4.33. The molecule has 2 nitrogen and oxygen atoms in total. The second kappa shape index (κ2) is 6.48. The molecule has 19 heavy (non-hydrogen) atoms. The zero-order valence-electron chi connectivity index (χ0n) is 12.0. The molecule has 2 heteroatoms. The first-order valence-corrected chi connectivity index (χ1v) is 6.93. The summed E-state index contributed by atoms with van der Waals surface area (Å²) in [4.78, 5) is 4.33. The number of nitrogens with one attached hydrogen (secondary N) is 1. The van der Waals surface area contributed by atoms with Gasteiger partial charge in [-0.15, -0.1) is 0 Å². The van der Waals surface area contributed by atoms with E-state index in [9.17, 15) is 0 Å². The molecule has 100 valence electrons. The van der Waals surface area contributed by atoms with Crippen LogP contribution in [0.2, 0.25) is 0 Å². The van der Waals surface area contributed by atoms with Gasteiger partial charge < -0.3 is 5.32 Å². The van der Waals surface area contributed by atoms with Gasteiger partial charge in [0.2, 0.25) is 0 Å². The van der Waals surface area contributed by atoms with E-state index in [-0.39, 0.29) is 6.04 Å². The van der Waals surface area contributed by atoms with Crippen molar-refractivity contribution in [2.75, 3.05) is 6.54 Å². The summed E-state index contributed by atoms with van der Waals surface area (Å²) in [6, 6.07) is 11.0. The van der Waals surface area contributed by atoms with Crippen molar-refractivity contribution in [1.29, 1.82) is 0 Å². The van der Waals surface area contributed by atoms with Gasteiger partial charge in [-0.1, -0.05) is 37.3 Å². The Morgan fingerprint density at radius 1 is 1.16 bits per heavy atom. The van der Waals surface area contributed by atoms with Crippen molar-refractivity contribution in [1.82, 2.24) is 10.3 Å². The number of benzene rings is 1. The van der Waals surface area contributed by atoms with Crippen LogP contribution in [0.25, 0.3) is 0 Å². The van der Waals surface area contributed by atoms with E-state index in [0.29, 0.717) is 0 Å². The SMILES string of the molecule is CCCNC(c1cncc(C)c1)c1ccccc1C. The van der Waals surface area contributed by atoms with Crippen LogP contribution in [-0.4, -0.2) is 11.5 Å². The molecule has 1 aromatic heterocycles. The van der Waals surface area contributed by atoms with Crippen LogP contribution in [-0.2, 0) is 0 Å². The van der Waals surface area contributed by atoms with Crippen LogP contribution in [0, 0.1) is 13.8 Å². The average molecular weight is 254 g/mol. The lowest BCUT2D eigenvalue weighted by atomic mass is 9.95. The predicted molar refractivity (Wildman–Crippen MR) is 80.3 cm³/mol. The summed E-state index contributed by atoms with van der Waals surface area (Å²) in [6.07, 6.45) is 4.99. The quantitative estimate of drug-likeness (QED) is 0.878. The molecule has 1 N–H and O–H groups in total. The highest BCUT2D eigenvalue weighted by molar-refractivity contribution is 5.36. The van der Waals surface area contributed by atoms with Gasteiger partial charge in [-0.2, -0.15) is 0 Å². The lowest BCUT2D eigenvalue weighted by molar-refractivity contribution is 0.594. The minimum Gasteiger partial charge on any atom is -0.306 e. The Hall–Kier alpha value is -1.67. The summed E-state index contributed by atoms with van der Waals surface area (Å²) in [6.45, 7) is 7.45. The second-order valence-corrected chi connectivity index (χ2v) is 5.04. The first-order valence-electron chi connectivity index (χ1n) is 6.93. The Morgan fingerprint density at radius 3 is 2.63 bits per heavy atom. The Bertz CT molecular complexity index is 534. The average Bonchev–Trinajstić information content (AvgIpc) is 2.41. The van der Waals surface area contributed by atoms with Crippen LogP contribution in [0.5, 0.6) is 0 Å². The van der Waals surface area contributed by atoms with Gasteiger partial charge in [0.15, 0.2) is 0 Å². The largest absolute Gasteiger partial charge is 0.306 e. The third-order valence-corrected chi connectivity index (χ3v) is 3.33. The summed E-state index contributed by atoms with van der Waals surface area (Å²) in [7, 11) is 0. The molecule has 0 fully saturated rings. The Morgan fingerprint density at radius 2 is 1.95 bits per heavy atom. The van der Waals surface area contributed by atoms with E-state index in [1.807, 2.05) is 12.4 Å². The fourth-order valence-electron chi connectivity index (χ4n) is 2.34. The van der Waals surface area contributed by atoms with Gasteiger partial charge in [-0.3, -0.25) is 4.98 Å². The first-order chi connectivity index (χ1) is 9.22. The predicted octanol–water partition coefficient (Wildman–Crippen LogP) is 3.79. The Kier molecular flexibility index (Phi) is 4.69. The van der Waals surface area contributed by atoms with E-state index in [2.05, 4.69) is 61.4 Å². The topological polar surface area (TPSA) is 24.9 Å². The highest BCUT2D eigenvalue weighted by Gasteiger charge is 2.15. The first kappa shape index (κ1) is 13.8. The molecule has 0 aliphatic carbocycles. The maximum Gasteiger partial charge on any atom is 0.0594 e. The molecule has 0 amide bonds. The molecule has 0 aliphatic heterocycles. The fraction of sp³-hybridized carbons (Fsp3) is 0.353. The van der Waals surface area contributed by atoms with Crippen LogP contribution in [0.1, 0.15) is 41.6 Å². The van der Waals surface area contributed by atoms with Crippen LogP contribution in [0.3, 0.4) is 0 Å². The van der Waals surface area contributed by atoms with Gasteiger partial charge in [-0.25, -0.2) is 0 Å². The van der Waals surface area contributed by atoms with Crippen molar-refractivity contribution >= 4 is 0 Å². The number of hydrogen-bond acceptors (Lipinski definition) is 2. The molecule has 1 aromatic carbocycles. The number of nitrogens with zero attached hydrogens (tertiary/aromatic N) is 1. The van der Waals surface area contributed by atoms with Crippen molar-refractivity contribution in [2.45, 2.75) is 33.2 Å². The highest BCUT2D eigenvalue weighted by Crippen LogP contribution is 2.24. The fourth-order valence-corrected chi connectivity index (χ4v) is 2.34. The van der Waals surface area contributed by atoms with E-state index in [1.165, 1.54) is 22.3 Å². The van der Waals surface area contributed by atoms with Crippen LogP contribution < -0.4 is 5.32 Å². The van der Waals surface area contributed by atoms with E-state index in [0.717, 1.165) is 13.0 Å². The molecule has 2 rings (SSSR count). The van der Waals surface area contributed by atoms with Crippen molar-refractivity contribution in [2.24, 2.45) is 0 Å². The normalized spacial score (nSPS) is 12.4. The minimum absolute atomic E-state index is 0.230. The third-order valence-electron chi connectivity index (χ3n) is 3.33. The summed E-state index contributed by atoms with van der Waals surface area (Å²) in [5, 5.41) is 3.63. The van der Waals surface area contributed by atoms with Gasteiger partial charge in [0.05, 0.1) is 6.04 Å². The molecular weight excluding hydrogens is 232 g/mol.